The van der Waals surface area contributed by atoms with E-state index in [4.69, 9.17) is 5.73 Å². The fourth-order valence-corrected chi connectivity index (χ4v) is 3.51. The van der Waals surface area contributed by atoms with E-state index in [1.54, 1.807) is 6.92 Å². The quantitative estimate of drug-likeness (QED) is 0.669. The standard InChI is InChI=1S/C13H15BrN2O3S/c1-13(5-17,6-18)16-12(19)11-10(15)9-7(14)3-2-4-8(9)20-11/h2-4,17-18H,5-6,15H2,1H3,(H,16,19). The molecular formula is C13H15BrN2O3S. The van der Waals surface area contributed by atoms with Crippen molar-refractivity contribution in [2.45, 2.75) is 12.5 Å². The van der Waals surface area contributed by atoms with Crippen LogP contribution in [-0.4, -0.2) is 34.9 Å². The summed E-state index contributed by atoms with van der Waals surface area (Å²) in [6.07, 6.45) is 0. The van der Waals surface area contributed by atoms with Gasteiger partial charge in [0.25, 0.3) is 5.91 Å². The largest absolute Gasteiger partial charge is 0.397 e. The van der Waals surface area contributed by atoms with Gasteiger partial charge < -0.3 is 21.3 Å². The Labute approximate surface area is 128 Å². The third kappa shape index (κ3) is 2.67. The number of nitrogens with one attached hydrogen (secondary N) is 1. The third-order valence-electron chi connectivity index (χ3n) is 3.02. The summed E-state index contributed by atoms with van der Waals surface area (Å²) in [4.78, 5) is 12.6. The van der Waals surface area contributed by atoms with E-state index in [1.165, 1.54) is 11.3 Å². The van der Waals surface area contributed by atoms with Crippen molar-refractivity contribution < 1.29 is 15.0 Å². The van der Waals surface area contributed by atoms with Crippen LogP contribution in [0.15, 0.2) is 22.7 Å². The van der Waals surface area contributed by atoms with Crippen LogP contribution in [0.5, 0.6) is 0 Å². The minimum absolute atomic E-state index is 0.357. The molecule has 20 heavy (non-hydrogen) atoms. The van der Waals surface area contributed by atoms with Gasteiger partial charge >= 0.3 is 0 Å². The summed E-state index contributed by atoms with van der Waals surface area (Å²) < 4.78 is 1.73. The molecule has 7 heteroatoms. The lowest BCUT2D eigenvalue weighted by Crippen LogP contribution is -2.51. The molecule has 2 rings (SSSR count). The van der Waals surface area contributed by atoms with Gasteiger partial charge in [0.2, 0.25) is 0 Å². The van der Waals surface area contributed by atoms with Crippen LogP contribution in [0.25, 0.3) is 10.1 Å². The van der Waals surface area contributed by atoms with Gasteiger partial charge in [-0.3, -0.25) is 4.79 Å². The molecule has 1 aromatic heterocycles. The van der Waals surface area contributed by atoms with Gasteiger partial charge in [0, 0.05) is 14.6 Å². The Morgan fingerprint density at radius 1 is 1.45 bits per heavy atom. The average Bonchev–Trinajstić information content (AvgIpc) is 2.77. The van der Waals surface area contributed by atoms with Crippen molar-refractivity contribution >= 4 is 48.9 Å². The molecule has 0 bridgehead atoms. The van der Waals surface area contributed by atoms with E-state index in [0.29, 0.717) is 10.6 Å². The fourth-order valence-electron chi connectivity index (χ4n) is 1.76. The number of hydrogen-bond acceptors (Lipinski definition) is 5. The Morgan fingerprint density at radius 3 is 2.65 bits per heavy atom. The number of carbonyl (C=O) groups is 1. The number of nitrogen functional groups attached to an aromatic ring is 1. The van der Waals surface area contributed by atoms with Crippen molar-refractivity contribution in [1.82, 2.24) is 5.32 Å². The summed E-state index contributed by atoms with van der Waals surface area (Å²) in [6, 6.07) is 5.61. The van der Waals surface area contributed by atoms with Crippen molar-refractivity contribution in [3.8, 4) is 0 Å². The zero-order chi connectivity index (χ0) is 14.9. The Morgan fingerprint density at radius 2 is 2.10 bits per heavy atom. The second-order valence-corrected chi connectivity index (χ2v) is 6.70. The van der Waals surface area contributed by atoms with Crippen LogP contribution in [-0.2, 0) is 0 Å². The normalized spacial score (nSPS) is 11.8. The number of anilines is 1. The van der Waals surface area contributed by atoms with Crippen molar-refractivity contribution in [1.29, 1.82) is 0 Å². The molecule has 0 radical (unpaired) electrons. The summed E-state index contributed by atoms with van der Waals surface area (Å²) >= 11 is 4.69. The lowest BCUT2D eigenvalue weighted by Gasteiger charge is -2.25. The Hall–Kier alpha value is -1.15. The second-order valence-electron chi connectivity index (χ2n) is 4.79. The van der Waals surface area contributed by atoms with E-state index in [-0.39, 0.29) is 13.2 Å². The maximum Gasteiger partial charge on any atom is 0.264 e. The van der Waals surface area contributed by atoms with Gasteiger partial charge in [-0.15, -0.1) is 11.3 Å². The number of hydrogen-bond donors (Lipinski definition) is 4. The Balaban J connectivity index is 2.41. The van der Waals surface area contributed by atoms with Crippen LogP contribution in [0.4, 0.5) is 5.69 Å². The van der Waals surface area contributed by atoms with Gasteiger partial charge in [0.15, 0.2) is 0 Å². The lowest BCUT2D eigenvalue weighted by atomic mass is 10.1. The number of thiophene rings is 1. The molecule has 5 N–H and O–H groups in total. The number of aliphatic hydroxyl groups excluding tert-OH is 2. The zero-order valence-corrected chi connectivity index (χ0v) is 13.2. The highest BCUT2D eigenvalue weighted by atomic mass is 79.9. The molecule has 108 valence electrons. The van der Waals surface area contributed by atoms with Crippen LogP contribution in [0.3, 0.4) is 0 Å². The first-order valence-corrected chi connectivity index (χ1v) is 7.53. The van der Waals surface area contributed by atoms with E-state index in [2.05, 4.69) is 21.2 Å². The van der Waals surface area contributed by atoms with E-state index in [1.807, 2.05) is 18.2 Å². The molecule has 1 amide bonds. The van der Waals surface area contributed by atoms with E-state index in [9.17, 15) is 15.0 Å². The molecule has 0 atom stereocenters. The van der Waals surface area contributed by atoms with Crippen molar-refractivity contribution in [3.05, 3.63) is 27.5 Å². The lowest BCUT2D eigenvalue weighted by molar-refractivity contribution is 0.0728. The molecule has 2 aromatic rings. The summed E-state index contributed by atoms with van der Waals surface area (Å²) in [5.41, 5.74) is 5.36. The average molecular weight is 359 g/mol. The van der Waals surface area contributed by atoms with Crippen LogP contribution < -0.4 is 11.1 Å². The highest BCUT2D eigenvalue weighted by Gasteiger charge is 2.27. The zero-order valence-electron chi connectivity index (χ0n) is 10.8. The molecule has 0 aliphatic carbocycles. The number of nitrogens with two attached hydrogens (primary N) is 1. The van der Waals surface area contributed by atoms with Gasteiger partial charge in [-0.2, -0.15) is 0 Å². The Bertz CT molecular complexity index is 652. The van der Waals surface area contributed by atoms with E-state index < -0.39 is 11.4 Å². The number of halogens is 1. The van der Waals surface area contributed by atoms with Crippen LogP contribution in [0, 0.1) is 0 Å². The summed E-state index contributed by atoms with van der Waals surface area (Å²) in [7, 11) is 0. The number of aliphatic hydroxyl groups is 2. The van der Waals surface area contributed by atoms with Gasteiger partial charge in [0.1, 0.15) is 4.88 Å². The first-order valence-electron chi connectivity index (χ1n) is 5.92. The second kappa shape index (κ2) is 5.69. The molecular weight excluding hydrogens is 344 g/mol. The van der Waals surface area contributed by atoms with E-state index >= 15 is 0 Å². The SMILES string of the molecule is CC(CO)(CO)NC(=O)c1sc2cccc(Br)c2c1N. The van der Waals surface area contributed by atoms with Crippen LogP contribution in [0.1, 0.15) is 16.6 Å². The van der Waals surface area contributed by atoms with Crippen LogP contribution in [0.2, 0.25) is 0 Å². The molecule has 0 unspecified atom stereocenters. The summed E-state index contributed by atoms with van der Waals surface area (Å²) in [5.74, 6) is -0.402. The highest BCUT2D eigenvalue weighted by Crippen LogP contribution is 2.38. The number of fused-ring (bicyclic) bond motifs is 1. The molecule has 0 spiro atoms. The van der Waals surface area contributed by atoms with Crippen LogP contribution >= 0.6 is 27.3 Å². The van der Waals surface area contributed by atoms with Gasteiger partial charge in [-0.05, 0) is 19.1 Å². The third-order valence-corrected chi connectivity index (χ3v) is 4.85. The molecule has 0 aliphatic rings. The molecule has 1 heterocycles. The topological polar surface area (TPSA) is 95.6 Å². The number of rotatable bonds is 4. The smallest absolute Gasteiger partial charge is 0.264 e. The first-order chi connectivity index (χ1) is 9.41. The van der Waals surface area contributed by atoms with Gasteiger partial charge in [-0.1, -0.05) is 22.0 Å². The first kappa shape index (κ1) is 15.2. The van der Waals surface area contributed by atoms with Gasteiger partial charge in [0.05, 0.1) is 24.4 Å². The maximum absolute atomic E-state index is 12.3. The van der Waals surface area contributed by atoms with Crippen molar-refractivity contribution in [2.24, 2.45) is 0 Å². The van der Waals surface area contributed by atoms with Crippen molar-refractivity contribution in [3.63, 3.8) is 0 Å². The molecule has 0 fully saturated rings. The minimum Gasteiger partial charge on any atom is -0.397 e. The molecule has 0 saturated heterocycles. The Kier molecular flexibility index (Phi) is 4.33. The van der Waals surface area contributed by atoms with Crippen molar-refractivity contribution in [2.75, 3.05) is 18.9 Å². The minimum atomic E-state index is -1.07. The fraction of sp³-hybridized carbons (Fsp3) is 0.308. The number of amides is 1. The van der Waals surface area contributed by atoms with E-state index in [0.717, 1.165) is 14.6 Å². The predicted molar refractivity (Wildman–Crippen MR) is 84.0 cm³/mol. The summed E-state index contributed by atoms with van der Waals surface area (Å²) in [5, 5.41) is 21.9. The predicted octanol–water partition coefficient (Wildman–Crippen LogP) is 1.72. The molecule has 5 nitrogen and oxygen atoms in total. The molecule has 0 saturated carbocycles. The monoisotopic (exact) mass is 358 g/mol. The number of benzene rings is 1. The number of carbonyl (C=O) groups excluding carboxylic acids is 1. The highest BCUT2D eigenvalue weighted by molar-refractivity contribution is 9.10. The molecule has 1 aromatic carbocycles. The van der Waals surface area contributed by atoms with Gasteiger partial charge in [-0.25, -0.2) is 0 Å². The summed E-state index contributed by atoms with van der Waals surface area (Å²) in [6.45, 7) is 0.845. The maximum atomic E-state index is 12.3. The molecule has 0 aliphatic heterocycles.